The van der Waals surface area contributed by atoms with Gasteiger partial charge in [0.1, 0.15) is 5.82 Å². The summed E-state index contributed by atoms with van der Waals surface area (Å²) in [4.78, 5) is 8.78. The van der Waals surface area contributed by atoms with Gasteiger partial charge < -0.3 is 10.1 Å². The number of thioether (sulfide) groups is 1. The van der Waals surface area contributed by atoms with Gasteiger partial charge >= 0.3 is 0 Å². The normalized spacial score (nSPS) is 11.1. The van der Waals surface area contributed by atoms with Crippen molar-refractivity contribution in [2.24, 2.45) is 0 Å². The highest BCUT2D eigenvalue weighted by molar-refractivity contribution is 7.99. The number of aromatic nitrogens is 2. The van der Waals surface area contributed by atoms with E-state index in [2.05, 4.69) is 29.1 Å². The van der Waals surface area contributed by atoms with E-state index in [1.54, 1.807) is 7.11 Å². The molecule has 0 saturated carbocycles. The molecule has 17 heavy (non-hydrogen) atoms. The van der Waals surface area contributed by atoms with E-state index in [1.807, 2.05) is 24.0 Å². The van der Waals surface area contributed by atoms with Gasteiger partial charge in [0.25, 0.3) is 0 Å². The zero-order valence-electron chi connectivity index (χ0n) is 10.8. The van der Waals surface area contributed by atoms with E-state index in [1.165, 1.54) is 0 Å². The van der Waals surface area contributed by atoms with E-state index >= 15 is 0 Å². The first kappa shape index (κ1) is 14.4. The SMILES string of the molecule is COCCNCc1ccnc(CSC(C)C)n1. The average molecular weight is 255 g/mol. The third kappa shape index (κ3) is 6.61. The largest absolute Gasteiger partial charge is 0.383 e. The maximum Gasteiger partial charge on any atom is 0.138 e. The van der Waals surface area contributed by atoms with Gasteiger partial charge in [0.05, 0.1) is 18.1 Å². The Morgan fingerprint density at radius 1 is 1.47 bits per heavy atom. The molecule has 1 aromatic rings. The molecule has 0 atom stereocenters. The Labute approximate surface area is 108 Å². The molecular weight excluding hydrogens is 234 g/mol. The summed E-state index contributed by atoms with van der Waals surface area (Å²) in [7, 11) is 1.70. The third-order valence-corrected chi connectivity index (χ3v) is 3.19. The Hall–Kier alpha value is -0.650. The van der Waals surface area contributed by atoms with Gasteiger partial charge in [-0.15, -0.1) is 0 Å². The molecular formula is C12H21N3OS. The fourth-order valence-electron chi connectivity index (χ4n) is 1.24. The summed E-state index contributed by atoms with van der Waals surface area (Å²) in [5, 5.41) is 3.89. The van der Waals surface area contributed by atoms with Crippen LogP contribution in [-0.4, -0.2) is 35.5 Å². The van der Waals surface area contributed by atoms with Gasteiger partial charge in [-0.2, -0.15) is 11.8 Å². The van der Waals surface area contributed by atoms with E-state index in [9.17, 15) is 0 Å². The van der Waals surface area contributed by atoms with Crippen LogP contribution in [0.1, 0.15) is 25.4 Å². The fourth-order valence-corrected chi connectivity index (χ4v) is 1.86. The molecule has 0 spiro atoms. The van der Waals surface area contributed by atoms with E-state index in [4.69, 9.17) is 4.74 Å². The number of hydrogen-bond donors (Lipinski definition) is 1. The molecule has 1 N–H and O–H groups in total. The van der Waals surface area contributed by atoms with Gasteiger partial charge in [-0.25, -0.2) is 9.97 Å². The van der Waals surface area contributed by atoms with Gasteiger partial charge in [0.15, 0.2) is 0 Å². The predicted molar refractivity (Wildman–Crippen MR) is 72.0 cm³/mol. The lowest BCUT2D eigenvalue weighted by molar-refractivity contribution is 0.199. The van der Waals surface area contributed by atoms with Gasteiger partial charge in [0.2, 0.25) is 0 Å². The predicted octanol–water partition coefficient (Wildman–Crippen LogP) is 1.85. The topological polar surface area (TPSA) is 47.0 Å². The number of rotatable bonds is 8. The molecule has 0 radical (unpaired) electrons. The molecule has 0 saturated heterocycles. The smallest absolute Gasteiger partial charge is 0.138 e. The minimum atomic E-state index is 0.613. The minimum absolute atomic E-state index is 0.613. The van der Waals surface area contributed by atoms with Gasteiger partial charge in [0, 0.05) is 26.4 Å². The molecule has 0 unspecified atom stereocenters. The number of hydrogen-bond acceptors (Lipinski definition) is 5. The van der Waals surface area contributed by atoms with Gasteiger partial charge in [-0.3, -0.25) is 0 Å². The first-order valence-electron chi connectivity index (χ1n) is 5.84. The molecule has 0 bridgehead atoms. The van der Waals surface area contributed by atoms with Crippen LogP contribution >= 0.6 is 11.8 Å². The van der Waals surface area contributed by atoms with Gasteiger partial charge in [-0.05, 0) is 11.3 Å². The summed E-state index contributed by atoms with van der Waals surface area (Å²) in [6, 6.07) is 1.95. The number of ether oxygens (including phenoxy) is 1. The van der Waals surface area contributed by atoms with Crippen molar-refractivity contribution in [1.29, 1.82) is 0 Å². The second-order valence-electron chi connectivity index (χ2n) is 3.99. The molecule has 0 aliphatic rings. The van der Waals surface area contributed by atoms with E-state index in [0.717, 1.165) is 37.0 Å². The van der Waals surface area contributed by atoms with Crippen LogP contribution < -0.4 is 5.32 Å². The van der Waals surface area contributed by atoms with Crippen LogP contribution in [0.4, 0.5) is 0 Å². The average Bonchev–Trinajstić information content (AvgIpc) is 2.33. The van der Waals surface area contributed by atoms with Crippen molar-refractivity contribution in [3.05, 3.63) is 23.8 Å². The number of methoxy groups -OCH3 is 1. The second-order valence-corrected chi connectivity index (χ2v) is 5.56. The monoisotopic (exact) mass is 255 g/mol. The van der Waals surface area contributed by atoms with Crippen molar-refractivity contribution in [3.63, 3.8) is 0 Å². The molecule has 0 aliphatic heterocycles. The Morgan fingerprint density at radius 2 is 2.29 bits per heavy atom. The zero-order valence-corrected chi connectivity index (χ0v) is 11.6. The standard InChI is InChI=1S/C12H21N3OS/c1-10(2)17-9-12-14-5-4-11(15-12)8-13-6-7-16-3/h4-5,10,13H,6-9H2,1-3H3. The van der Waals surface area contributed by atoms with Crippen molar-refractivity contribution in [1.82, 2.24) is 15.3 Å². The molecule has 1 rings (SSSR count). The van der Waals surface area contributed by atoms with E-state index < -0.39 is 0 Å². The van der Waals surface area contributed by atoms with Crippen molar-refractivity contribution >= 4 is 11.8 Å². The maximum absolute atomic E-state index is 4.97. The highest BCUT2D eigenvalue weighted by Crippen LogP contribution is 2.14. The van der Waals surface area contributed by atoms with Crippen molar-refractivity contribution in [2.75, 3.05) is 20.3 Å². The van der Waals surface area contributed by atoms with Crippen LogP contribution in [0.3, 0.4) is 0 Å². The quantitative estimate of drug-likeness (QED) is 0.718. The lowest BCUT2D eigenvalue weighted by Gasteiger charge is -2.06. The first-order valence-corrected chi connectivity index (χ1v) is 6.89. The van der Waals surface area contributed by atoms with Crippen LogP contribution in [0.2, 0.25) is 0 Å². The summed E-state index contributed by atoms with van der Waals surface area (Å²) >= 11 is 1.86. The van der Waals surface area contributed by atoms with Crippen LogP contribution in [-0.2, 0) is 17.0 Å². The highest BCUT2D eigenvalue weighted by Gasteiger charge is 2.01. The van der Waals surface area contributed by atoms with Crippen molar-refractivity contribution < 1.29 is 4.74 Å². The summed E-state index contributed by atoms with van der Waals surface area (Å²) in [6.45, 7) is 6.70. The summed E-state index contributed by atoms with van der Waals surface area (Å²) < 4.78 is 4.97. The molecule has 1 aromatic heterocycles. The minimum Gasteiger partial charge on any atom is -0.383 e. The van der Waals surface area contributed by atoms with E-state index in [-0.39, 0.29) is 0 Å². The van der Waals surface area contributed by atoms with Crippen molar-refractivity contribution in [3.8, 4) is 0 Å². The lowest BCUT2D eigenvalue weighted by atomic mass is 10.4. The van der Waals surface area contributed by atoms with Crippen LogP contribution in [0.25, 0.3) is 0 Å². The van der Waals surface area contributed by atoms with E-state index in [0.29, 0.717) is 5.25 Å². The lowest BCUT2D eigenvalue weighted by Crippen LogP contribution is -2.19. The van der Waals surface area contributed by atoms with Crippen LogP contribution in [0, 0.1) is 0 Å². The Balaban J connectivity index is 2.37. The molecule has 0 aliphatic carbocycles. The van der Waals surface area contributed by atoms with Crippen molar-refractivity contribution in [2.45, 2.75) is 31.4 Å². The maximum atomic E-state index is 4.97. The van der Waals surface area contributed by atoms with Gasteiger partial charge in [-0.1, -0.05) is 13.8 Å². The van der Waals surface area contributed by atoms with Crippen LogP contribution in [0.15, 0.2) is 12.3 Å². The molecule has 0 amide bonds. The summed E-state index contributed by atoms with van der Waals surface area (Å²) in [6.07, 6.45) is 1.83. The fraction of sp³-hybridized carbons (Fsp3) is 0.667. The molecule has 1 heterocycles. The number of nitrogens with one attached hydrogen (secondary N) is 1. The van der Waals surface area contributed by atoms with Crippen LogP contribution in [0.5, 0.6) is 0 Å². The first-order chi connectivity index (χ1) is 8.22. The third-order valence-electron chi connectivity index (χ3n) is 2.10. The molecule has 0 aromatic carbocycles. The Bertz CT molecular complexity index is 320. The Kier molecular flexibility index (Phi) is 7.16. The second kappa shape index (κ2) is 8.44. The summed E-state index contributed by atoms with van der Waals surface area (Å²) in [5.74, 6) is 1.79. The molecule has 96 valence electrons. The number of nitrogens with zero attached hydrogens (tertiary/aromatic N) is 2. The zero-order chi connectivity index (χ0) is 12.5. The summed E-state index contributed by atoms with van der Waals surface area (Å²) in [5.41, 5.74) is 1.04. The highest BCUT2D eigenvalue weighted by atomic mass is 32.2. The molecule has 0 fully saturated rings. The molecule has 4 nitrogen and oxygen atoms in total. The molecule has 5 heteroatoms. The Morgan fingerprint density at radius 3 is 3.00 bits per heavy atom.